The number of carbonyl (C=O) groups is 2. The summed E-state index contributed by atoms with van der Waals surface area (Å²) in [6, 6.07) is 17.9. The molecule has 1 aromatic heterocycles. The van der Waals surface area contributed by atoms with Crippen molar-refractivity contribution in [1.82, 2.24) is 20.1 Å². The Morgan fingerprint density at radius 3 is 2.38 bits per heavy atom. The lowest BCUT2D eigenvalue weighted by atomic mass is 10.3. The molecule has 0 spiro atoms. The molecule has 8 heteroatoms. The van der Waals surface area contributed by atoms with Crippen LogP contribution in [-0.4, -0.2) is 32.0 Å². The summed E-state index contributed by atoms with van der Waals surface area (Å²) in [5.74, 6) is -0.411. The highest BCUT2D eigenvalue weighted by Crippen LogP contribution is 2.23. The molecule has 2 N–H and O–H groups in total. The molecular formula is C18H17N5O2S. The molecule has 3 rings (SSSR count). The predicted molar refractivity (Wildman–Crippen MR) is 100 cm³/mol. The van der Waals surface area contributed by atoms with Gasteiger partial charge < -0.3 is 5.32 Å². The van der Waals surface area contributed by atoms with E-state index in [9.17, 15) is 9.59 Å². The van der Waals surface area contributed by atoms with E-state index in [1.54, 1.807) is 42.1 Å². The van der Waals surface area contributed by atoms with Gasteiger partial charge in [0.1, 0.15) is 6.33 Å². The first-order chi connectivity index (χ1) is 12.6. The zero-order valence-electron chi connectivity index (χ0n) is 14.0. The number of nitrogens with zero attached hydrogens (tertiary/aromatic N) is 3. The largest absolute Gasteiger partial charge is 0.325 e. The number of carbonyl (C=O) groups excluding carboxylic acids is 2. The third kappa shape index (κ3) is 4.48. The highest BCUT2D eigenvalue weighted by atomic mass is 32.2. The lowest BCUT2D eigenvalue weighted by Gasteiger charge is -2.12. The molecule has 2 aromatic carbocycles. The topological polar surface area (TPSA) is 88.9 Å². The van der Waals surface area contributed by atoms with Crippen molar-refractivity contribution in [2.75, 3.05) is 5.32 Å². The monoisotopic (exact) mass is 367 g/mol. The first kappa shape index (κ1) is 17.7. The van der Waals surface area contributed by atoms with Crippen LogP contribution in [0.3, 0.4) is 0 Å². The van der Waals surface area contributed by atoms with Gasteiger partial charge in [-0.3, -0.25) is 14.7 Å². The van der Waals surface area contributed by atoms with Crippen LogP contribution < -0.4 is 10.6 Å². The van der Waals surface area contributed by atoms with Gasteiger partial charge in [-0.1, -0.05) is 48.2 Å². The first-order valence-electron chi connectivity index (χ1n) is 7.92. The number of anilines is 1. The second kappa shape index (κ2) is 8.30. The summed E-state index contributed by atoms with van der Waals surface area (Å²) < 4.78 is 1.79. The molecule has 0 fully saturated rings. The predicted octanol–water partition coefficient (Wildman–Crippen LogP) is 3.10. The number of amides is 3. The zero-order chi connectivity index (χ0) is 18.4. The Hall–Kier alpha value is -3.13. The second-order valence-electron chi connectivity index (χ2n) is 5.39. The summed E-state index contributed by atoms with van der Waals surface area (Å²) in [6.07, 6.45) is 1.59. The van der Waals surface area contributed by atoms with Crippen molar-refractivity contribution >= 4 is 29.4 Å². The summed E-state index contributed by atoms with van der Waals surface area (Å²) in [5, 5.41) is 13.0. The molecule has 1 atom stereocenters. The number of hydrogen-bond donors (Lipinski definition) is 2. The smallest absolute Gasteiger partial charge is 0.308 e. The number of benzene rings is 2. The number of thioether (sulfide) groups is 1. The fourth-order valence-electron chi connectivity index (χ4n) is 2.18. The van der Waals surface area contributed by atoms with Gasteiger partial charge in [0, 0.05) is 11.4 Å². The van der Waals surface area contributed by atoms with Crippen LogP contribution in [0.25, 0.3) is 5.69 Å². The van der Waals surface area contributed by atoms with Gasteiger partial charge in [0.05, 0.1) is 5.25 Å². The molecule has 7 nitrogen and oxygen atoms in total. The summed E-state index contributed by atoms with van der Waals surface area (Å²) in [5.41, 5.74) is 1.51. The van der Waals surface area contributed by atoms with E-state index in [4.69, 9.17) is 0 Å². The molecule has 0 saturated heterocycles. The summed E-state index contributed by atoms with van der Waals surface area (Å²) >= 11 is 1.23. The van der Waals surface area contributed by atoms with Crippen LogP contribution >= 0.6 is 11.8 Å². The molecule has 1 heterocycles. The van der Waals surface area contributed by atoms with Crippen LogP contribution in [0.2, 0.25) is 0 Å². The van der Waals surface area contributed by atoms with E-state index >= 15 is 0 Å². The molecule has 0 aliphatic rings. The van der Waals surface area contributed by atoms with Gasteiger partial charge in [-0.05, 0) is 31.2 Å². The third-order valence-electron chi connectivity index (χ3n) is 3.47. The van der Waals surface area contributed by atoms with Crippen LogP contribution in [0, 0.1) is 0 Å². The average molecular weight is 367 g/mol. The van der Waals surface area contributed by atoms with Crippen LogP contribution in [-0.2, 0) is 4.79 Å². The zero-order valence-corrected chi connectivity index (χ0v) is 14.8. The van der Waals surface area contributed by atoms with E-state index in [0.717, 1.165) is 5.69 Å². The Morgan fingerprint density at radius 1 is 1.04 bits per heavy atom. The molecule has 26 heavy (non-hydrogen) atoms. The van der Waals surface area contributed by atoms with E-state index in [1.807, 2.05) is 36.4 Å². The van der Waals surface area contributed by atoms with Gasteiger partial charge in [-0.15, -0.1) is 10.2 Å². The third-order valence-corrected chi connectivity index (χ3v) is 4.53. The van der Waals surface area contributed by atoms with E-state index in [-0.39, 0.29) is 0 Å². The van der Waals surface area contributed by atoms with Crippen LogP contribution in [0.15, 0.2) is 72.1 Å². The molecule has 132 valence electrons. The summed E-state index contributed by atoms with van der Waals surface area (Å²) in [7, 11) is 0. The van der Waals surface area contributed by atoms with E-state index in [2.05, 4.69) is 20.8 Å². The molecule has 0 aliphatic carbocycles. The normalized spacial score (nSPS) is 11.6. The SMILES string of the molecule is C[C@@H](Sc1nncn1-c1ccccc1)C(=O)NC(=O)Nc1ccccc1. The molecular weight excluding hydrogens is 350 g/mol. The number of urea groups is 1. The highest BCUT2D eigenvalue weighted by molar-refractivity contribution is 8.00. The Balaban J connectivity index is 1.60. The molecule has 3 amide bonds. The number of rotatable bonds is 5. The van der Waals surface area contributed by atoms with Crippen molar-refractivity contribution in [1.29, 1.82) is 0 Å². The molecule has 0 aliphatic heterocycles. The van der Waals surface area contributed by atoms with Gasteiger partial charge in [-0.2, -0.15) is 0 Å². The van der Waals surface area contributed by atoms with Crippen LogP contribution in [0.1, 0.15) is 6.92 Å². The van der Waals surface area contributed by atoms with Gasteiger partial charge in [0.15, 0.2) is 5.16 Å². The minimum absolute atomic E-state index is 0.411. The number of imide groups is 1. The number of nitrogens with one attached hydrogen (secondary N) is 2. The Bertz CT molecular complexity index is 883. The van der Waals surface area contributed by atoms with Crippen LogP contribution in [0.4, 0.5) is 10.5 Å². The van der Waals surface area contributed by atoms with Gasteiger partial charge >= 0.3 is 6.03 Å². The molecule has 0 unspecified atom stereocenters. The maximum Gasteiger partial charge on any atom is 0.325 e. The van der Waals surface area contributed by atoms with E-state index < -0.39 is 17.2 Å². The van der Waals surface area contributed by atoms with Crippen molar-refractivity contribution in [3.8, 4) is 5.69 Å². The van der Waals surface area contributed by atoms with Crippen molar-refractivity contribution in [3.63, 3.8) is 0 Å². The molecule has 0 saturated carbocycles. The Kier molecular flexibility index (Phi) is 5.65. The maximum atomic E-state index is 12.3. The van der Waals surface area contributed by atoms with Gasteiger partial charge in [0.2, 0.25) is 5.91 Å². The number of para-hydroxylation sites is 2. The second-order valence-corrected chi connectivity index (χ2v) is 6.70. The fourth-order valence-corrected chi connectivity index (χ4v) is 3.02. The minimum atomic E-state index is -0.571. The summed E-state index contributed by atoms with van der Waals surface area (Å²) in [6.45, 7) is 1.71. The average Bonchev–Trinajstić information content (AvgIpc) is 3.11. The Labute approximate surface area is 154 Å². The van der Waals surface area contributed by atoms with E-state index in [1.165, 1.54) is 11.8 Å². The summed E-state index contributed by atoms with van der Waals surface area (Å²) in [4.78, 5) is 24.2. The van der Waals surface area contributed by atoms with E-state index in [0.29, 0.717) is 10.8 Å². The van der Waals surface area contributed by atoms with Crippen LogP contribution in [0.5, 0.6) is 0 Å². The molecule has 3 aromatic rings. The lowest BCUT2D eigenvalue weighted by molar-refractivity contribution is -0.119. The van der Waals surface area contributed by atoms with Gasteiger partial charge in [0.25, 0.3) is 0 Å². The minimum Gasteiger partial charge on any atom is -0.308 e. The first-order valence-corrected chi connectivity index (χ1v) is 8.80. The van der Waals surface area contributed by atoms with Gasteiger partial charge in [-0.25, -0.2) is 4.79 Å². The quantitative estimate of drug-likeness (QED) is 0.677. The standard InChI is InChI=1S/C18H17N5O2S/c1-13(16(24)21-17(25)20-14-8-4-2-5-9-14)26-18-22-19-12-23(18)15-10-6-3-7-11-15/h2-13H,1H3,(H2,20,21,24,25)/t13-/m1/s1. The van der Waals surface area contributed by atoms with Crippen molar-refractivity contribution < 1.29 is 9.59 Å². The highest BCUT2D eigenvalue weighted by Gasteiger charge is 2.20. The fraction of sp³-hybridized carbons (Fsp3) is 0.111. The lowest BCUT2D eigenvalue weighted by Crippen LogP contribution is -2.38. The molecule has 0 radical (unpaired) electrons. The maximum absolute atomic E-state index is 12.3. The van der Waals surface area contributed by atoms with Crippen molar-refractivity contribution in [2.45, 2.75) is 17.3 Å². The number of hydrogen-bond acceptors (Lipinski definition) is 5. The number of aromatic nitrogens is 3. The van der Waals surface area contributed by atoms with Crippen molar-refractivity contribution in [2.24, 2.45) is 0 Å². The molecule has 0 bridgehead atoms. The Morgan fingerprint density at radius 2 is 1.69 bits per heavy atom. The van der Waals surface area contributed by atoms with Crippen molar-refractivity contribution in [3.05, 3.63) is 67.0 Å².